The largest absolute Gasteiger partial charge is 0.351 e. The van der Waals surface area contributed by atoms with E-state index in [9.17, 15) is 10.1 Å². The molecule has 0 bridgehead atoms. The highest BCUT2D eigenvalue weighted by atomic mass is 32.1. The van der Waals surface area contributed by atoms with Crippen molar-refractivity contribution in [2.45, 2.75) is 51.5 Å². The van der Waals surface area contributed by atoms with Crippen LogP contribution in [-0.2, 0) is 0 Å². The van der Waals surface area contributed by atoms with Crippen LogP contribution in [-0.4, -0.2) is 60.9 Å². The molecule has 3 aliphatic heterocycles. The Labute approximate surface area is 266 Å². The zero-order chi connectivity index (χ0) is 30.9. The van der Waals surface area contributed by atoms with Crippen LogP contribution in [0, 0.1) is 17.0 Å². The van der Waals surface area contributed by atoms with Gasteiger partial charge in [0.05, 0.1) is 22.3 Å². The van der Waals surface area contributed by atoms with Gasteiger partial charge in [-0.05, 0) is 87.5 Å². The molecule has 13 nitrogen and oxygen atoms in total. The Kier molecular flexibility index (Phi) is 7.88. The van der Waals surface area contributed by atoms with Gasteiger partial charge in [0.2, 0.25) is 17.8 Å². The van der Waals surface area contributed by atoms with Crippen LogP contribution in [0.3, 0.4) is 0 Å². The summed E-state index contributed by atoms with van der Waals surface area (Å²) in [6.07, 6.45) is 7.06. The molecular weight excluding hydrogens is 590 g/mol. The van der Waals surface area contributed by atoms with Gasteiger partial charge in [-0.1, -0.05) is 12.1 Å². The molecule has 2 fully saturated rings. The van der Waals surface area contributed by atoms with Crippen LogP contribution in [0.4, 0.5) is 35.0 Å². The van der Waals surface area contributed by atoms with E-state index in [-0.39, 0.29) is 11.7 Å². The summed E-state index contributed by atoms with van der Waals surface area (Å²) >= 11 is 5.54. The van der Waals surface area contributed by atoms with Crippen LogP contribution >= 0.6 is 12.2 Å². The van der Waals surface area contributed by atoms with E-state index in [1.54, 1.807) is 12.1 Å². The van der Waals surface area contributed by atoms with Gasteiger partial charge in [0.15, 0.2) is 5.11 Å². The van der Waals surface area contributed by atoms with E-state index in [0.717, 1.165) is 97.8 Å². The zero-order valence-electron chi connectivity index (χ0n) is 25.1. The van der Waals surface area contributed by atoms with Crippen molar-refractivity contribution in [3.63, 3.8) is 0 Å². The number of thiocarbonyl (C=S) groups is 1. The second-order valence-corrected chi connectivity index (χ2v) is 12.1. The number of nitrogens with one attached hydrogen (secondary N) is 3. The molecule has 0 spiro atoms. The zero-order valence-corrected chi connectivity index (χ0v) is 25.9. The number of piperidine rings is 2. The van der Waals surface area contributed by atoms with Crippen molar-refractivity contribution in [3.05, 3.63) is 75.5 Å². The summed E-state index contributed by atoms with van der Waals surface area (Å²) in [6, 6.07) is 14.1. The molecule has 14 heteroatoms. The maximum absolute atomic E-state index is 11.4. The summed E-state index contributed by atoms with van der Waals surface area (Å²) < 4.78 is 1.82. The van der Waals surface area contributed by atoms with Gasteiger partial charge in [-0.3, -0.25) is 10.1 Å². The lowest BCUT2D eigenvalue weighted by atomic mass is 9.97. The third-order valence-corrected chi connectivity index (χ3v) is 8.79. The molecule has 0 amide bonds. The van der Waals surface area contributed by atoms with Crippen molar-refractivity contribution in [1.29, 1.82) is 0 Å². The number of anilines is 5. The Hall–Kier alpha value is -4.85. The maximum atomic E-state index is 11.4. The van der Waals surface area contributed by atoms with Crippen LogP contribution in [0.15, 0.2) is 48.5 Å². The molecule has 3 aliphatic rings. The molecule has 1 unspecified atom stereocenters. The number of nitrogens with zero attached hydrogens (tertiary/aromatic N) is 8. The van der Waals surface area contributed by atoms with Crippen molar-refractivity contribution in [2.24, 2.45) is 0 Å². The van der Waals surface area contributed by atoms with Crippen molar-refractivity contribution >= 4 is 52.4 Å². The Morgan fingerprint density at radius 1 is 0.911 bits per heavy atom. The summed E-state index contributed by atoms with van der Waals surface area (Å²) in [5.41, 5.74) is 4.10. The smallest absolute Gasteiger partial charge is 0.269 e. The van der Waals surface area contributed by atoms with Crippen molar-refractivity contribution in [1.82, 2.24) is 30.0 Å². The minimum absolute atomic E-state index is 0.0257. The van der Waals surface area contributed by atoms with Crippen LogP contribution < -0.4 is 25.8 Å². The molecular formula is C31H35N11O2S. The Morgan fingerprint density at radius 3 is 2.18 bits per heavy atom. The molecule has 4 aromatic rings. The van der Waals surface area contributed by atoms with E-state index in [4.69, 9.17) is 32.3 Å². The third kappa shape index (κ3) is 5.97. The lowest BCUT2D eigenvalue weighted by Crippen LogP contribution is -2.38. The second kappa shape index (κ2) is 12.3. The topological polar surface area (TPSA) is 142 Å². The second-order valence-electron chi connectivity index (χ2n) is 11.7. The van der Waals surface area contributed by atoms with E-state index >= 15 is 0 Å². The summed E-state index contributed by atoms with van der Waals surface area (Å²) in [5, 5.41) is 26.6. The number of rotatable bonds is 7. The van der Waals surface area contributed by atoms with Crippen LogP contribution in [0.1, 0.15) is 61.4 Å². The fourth-order valence-electron chi connectivity index (χ4n) is 6.30. The van der Waals surface area contributed by atoms with Crippen molar-refractivity contribution in [2.75, 3.05) is 46.6 Å². The monoisotopic (exact) mass is 625 g/mol. The first kappa shape index (κ1) is 28.9. The van der Waals surface area contributed by atoms with E-state index in [1.807, 2.05) is 41.9 Å². The highest BCUT2D eigenvalue weighted by molar-refractivity contribution is 7.80. The van der Waals surface area contributed by atoms with Gasteiger partial charge < -0.3 is 25.8 Å². The highest BCUT2D eigenvalue weighted by Crippen LogP contribution is 2.37. The number of hydrogen-bond acceptors (Lipinski definition) is 10. The molecule has 45 heavy (non-hydrogen) atoms. The molecule has 5 heterocycles. The first-order valence-electron chi connectivity index (χ1n) is 15.5. The fraction of sp³-hybridized carbons (Fsp3) is 0.387. The maximum Gasteiger partial charge on any atom is 0.269 e. The number of nitro groups is 1. The van der Waals surface area contributed by atoms with E-state index in [1.165, 1.54) is 18.9 Å². The van der Waals surface area contributed by atoms with Crippen molar-refractivity contribution in [3.8, 4) is 5.69 Å². The van der Waals surface area contributed by atoms with Crippen LogP contribution in [0.5, 0.6) is 0 Å². The summed E-state index contributed by atoms with van der Waals surface area (Å²) in [6.45, 7) is 5.76. The average molecular weight is 626 g/mol. The van der Waals surface area contributed by atoms with Gasteiger partial charge in [0.25, 0.3) is 5.69 Å². The first-order chi connectivity index (χ1) is 21.9. The number of aromatic nitrogens is 5. The van der Waals surface area contributed by atoms with Gasteiger partial charge >= 0.3 is 0 Å². The molecule has 1 atom stereocenters. The normalized spacial score (nSPS) is 18.2. The lowest BCUT2D eigenvalue weighted by molar-refractivity contribution is -0.384. The van der Waals surface area contributed by atoms with Gasteiger partial charge in [-0.25, -0.2) is 4.68 Å². The minimum Gasteiger partial charge on any atom is -0.351 e. The summed E-state index contributed by atoms with van der Waals surface area (Å²) in [5.74, 6) is 2.72. The standard InChI is InChI=1S/C31H35N11O2S/c1-20-25-26(21-9-8-10-24(19-21)42(43)44)33-31(45)34-27(25)41(38-20)23-13-11-22(12-14-23)32-28-35-29(39-15-4-2-5-16-39)37-30(36-28)40-17-6-3-7-18-40/h8-14,19,26H,2-7,15-18H2,1H3,(H2,33,34,45)(H,32,35,36,37). The van der Waals surface area contributed by atoms with Crippen molar-refractivity contribution < 1.29 is 4.92 Å². The summed E-state index contributed by atoms with van der Waals surface area (Å²) in [4.78, 5) is 30.1. The molecule has 0 saturated carbocycles. The molecule has 7 rings (SSSR count). The molecule has 2 aromatic carbocycles. The predicted octanol–water partition coefficient (Wildman–Crippen LogP) is 5.39. The van der Waals surface area contributed by atoms with Gasteiger partial charge in [0.1, 0.15) is 5.82 Å². The quantitative estimate of drug-likeness (QED) is 0.138. The molecule has 2 aromatic heterocycles. The highest BCUT2D eigenvalue weighted by Gasteiger charge is 2.31. The third-order valence-electron chi connectivity index (χ3n) is 8.57. The van der Waals surface area contributed by atoms with Crippen LogP contribution in [0.2, 0.25) is 0 Å². The number of nitro benzene ring substituents is 1. The van der Waals surface area contributed by atoms with E-state index < -0.39 is 4.92 Å². The van der Waals surface area contributed by atoms with Crippen LogP contribution in [0.25, 0.3) is 5.69 Å². The number of hydrogen-bond donors (Lipinski definition) is 3. The van der Waals surface area contributed by atoms with Gasteiger partial charge in [0, 0.05) is 49.6 Å². The predicted molar refractivity (Wildman–Crippen MR) is 178 cm³/mol. The fourth-order valence-corrected chi connectivity index (χ4v) is 6.52. The molecule has 232 valence electrons. The minimum atomic E-state index is -0.393. The average Bonchev–Trinajstić information content (AvgIpc) is 3.41. The first-order valence-corrected chi connectivity index (χ1v) is 15.9. The van der Waals surface area contributed by atoms with E-state index in [0.29, 0.717) is 11.1 Å². The number of aryl methyl sites for hydroxylation is 1. The Balaban J connectivity index is 1.17. The number of fused-ring (bicyclic) bond motifs is 1. The lowest BCUT2D eigenvalue weighted by Gasteiger charge is -2.30. The molecule has 3 N–H and O–H groups in total. The molecule has 2 saturated heterocycles. The molecule has 0 aliphatic carbocycles. The van der Waals surface area contributed by atoms with Gasteiger partial charge in [-0.2, -0.15) is 20.1 Å². The summed E-state index contributed by atoms with van der Waals surface area (Å²) in [7, 11) is 0. The Bertz CT molecular complexity index is 1690. The molecule has 0 radical (unpaired) electrons. The van der Waals surface area contributed by atoms with Gasteiger partial charge in [-0.15, -0.1) is 0 Å². The number of non-ortho nitro benzene ring substituents is 1. The Morgan fingerprint density at radius 2 is 1.56 bits per heavy atom. The number of benzene rings is 2. The van der Waals surface area contributed by atoms with E-state index in [2.05, 4.69) is 25.8 Å². The SMILES string of the molecule is Cc1nn(-c2ccc(Nc3nc(N4CCCCC4)nc(N4CCCCC4)n3)cc2)c2c1C(c1cccc([N+](=O)[O-])c1)NC(=S)N2.